The van der Waals surface area contributed by atoms with Gasteiger partial charge in [0.1, 0.15) is 0 Å². The number of hydrogen-bond acceptors (Lipinski definition) is 2. The molecule has 2 heteroatoms. The Hall–Kier alpha value is -1.18. The van der Waals surface area contributed by atoms with Crippen molar-refractivity contribution in [2.75, 3.05) is 14.2 Å². The maximum Gasteiger partial charge on any atom is 0.164 e. The minimum absolute atomic E-state index is 0.444. The molecule has 14 heavy (non-hydrogen) atoms. The summed E-state index contributed by atoms with van der Waals surface area (Å²) in [7, 11) is 3.36. The molecule has 2 nitrogen and oxygen atoms in total. The molecule has 0 unspecified atom stereocenters. The van der Waals surface area contributed by atoms with E-state index >= 15 is 0 Å². The summed E-state index contributed by atoms with van der Waals surface area (Å²) in [5.74, 6) is 2.15. The van der Waals surface area contributed by atoms with Crippen LogP contribution in [0.1, 0.15) is 30.9 Å². The molecule has 78 valence electrons. The van der Waals surface area contributed by atoms with E-state index in [4.69, 9.17) is 9.47 Å². The predicted molar refractivity (Wildman–Crippen MR) is 58.4 cm³/mol. The first kappa shape index (κ1) is 10.9. The van der Waals surface area contributed by atoms with E-state index in [9.17, 15) is 0 Å². The second-order valence-electron chi connectivity index (χ2n) is 3.69. The summed E-state index contributed by atoms with van der Waals surface area (Å²) in [5.41, 5.74) is 2.30. The average molecular weight is 194 g/mol. The van der Waals surface area contributed by atoms with Crippen molar-refractivity contribution in [2.45, 2.75) is 26.7 Å². The van der Waals surface area contributed by atoms with Gasteiger partial charge in [-0.3, -0.25) is 0 Å². The van der Waals surface area contributed by atoms with E-state index in [1.54, 1.807) is 14.2 Å². The van der Waals surface area contributed by atoms with Crippen molar-refractivity contribution in [3.8, 4) is 11.5 Å². The molecule has 0 saturated carbocycles. The van der Waals surface area contributed by atoms with E-state index in [2.05, 4.69) is 26.0 Å². The Bertz CT molecular complexity index is 316. The Morgan fingerprint density at radius 1 is 1.00 bits per heavy atom. The Kier molecular flexibility index (Phi) is 3.39. The van der Waals surface area contributed by atoms with Crippen molar-refractivity contribution < 1.29 is 9.47 Å². The van der Waals surface area contributed by atoms with E-state index < -0.39 is 0 Å². The third-order valence-electron chi connectivity index (χ3n) is 2.37. The van der Waals surface area contributed by atoms with Crippen molar-refractivity contribution in [2.24, 2.45) is 0 Å². The highest BCUT2D eigenvalue weighted by molar-refractivity contribution is 5.52. The van der Waals surface area contributed by atoms with Crippen LogP contribution in [0, 0.1) is 6.92 Å². The lowest BCUT2D eigenvalue weighted by molar-refractivity contribution is 0.348. The van der Waals surface area contributed by atoms with Gasteiger partial charge in [0.15, 0.2) is 11.5 Å². The van der Waals surface area contributed by atoms with Crippen molar-refractivity contribution >= 4 is 0 Å². The van der Waals surface area contributed by atoms with Crippen LogP contribution in [0.3, 0.4) is 0 Å². The van der Waals surface area contributed by atoms with E-state index in [1.807, 2.05) is 6.92 Å². The minimum atomic E-state index is 0.444. The predicted octanol–water partition coefficient (Wildman–Crippen LogP) is 3.14. The summed E-state index contributed by atoms with van der Waals surface area (Å²) >= 11 is 0. The van der Waals surface area contributed by atoms with Gasteiger partial charge >= 0.3 is 0 Å². The Labute approximate surface area is 85.8 Å². The summed E-state index contributed by atoms with van der Waals surface area (Å²) < 4.78 is 10.7. The van der Waals surface area contributed by atoms with E-state index in [0.717, 1.165) is 17.1 Å². The topological polar surface area (TPSA) is 18.5 Å². The fraction of sp³-hybridized carbons (Fsp3) is 0.500. The summed E-state index contributed by atoms with van der Waals surface area (Å²) in [6.45, 7) is 6.31. The van der Waals surface area contributed by atoms with Crippen LogP contribution in [0.4, 0.5) is 0 Å². The molecule has 0 fully saturated rings. The second-order valence-corrected chi connectivity index (χ2v) is 3.69. The molecule has 0 aliphatic carbocycles. The van der Waals surface area contributed by atoms with Crippen LogP contribution < -0.4 is 9.47 Å². The molecule has 1 aromatic rings. The van der Waals surface area contributed by atoms with Crippen molar-refractivity contribution in [3.05, 3.63) is 23.3 Å². The van der Waals surface area contributed by atoms with Gasteiger partial charge in [-0.05, 0) is 18.4 Å². The highest BCUT2D eigenvalue weighted by Crippen LogP contribution is 2.37. The van der Waals surface area contributed by atoms with Gasteiger partial charge in [0.05, 0.1) is 14.2 Å². The summed E-state index contributed by atoms with van der Waals surface area (Å²) in [4.78, 5) is 0. The van der Waals surface area contributed by atoms with Gasteiger partial charge in [-0.2, -0.15) is 0 Å². The number of hydrogen-bond donors (Lipinski definition) is 0. The van der Waals surface area contributed by atoms with Crippen LogP contribution in [-0.4, -0.2) is 14.2 Å². The van der Waals surface area contributed by atoms with Gasteiger partial charge in [-0.25, -0.2) is 0 Å². The third-order valence-corrected chi connectivity index (χ3v) is 2.37. The Morgan fingerprint density at radius 3 is 2.00 bits per heavy atom. The molecular formula is C12H18O2. The quantitative estimate of drug-likeness (QED) is 0.736. The lowest BCUT2D eigenvalue weighted by atomic mass is 10.00. The molecule has 0 spiro atoms. The molecular weight excluding hydrogens is 176 g/mol. The standard InChI is InChI=1S/C12H18O2/c1-8(2)10-7-6-9(3)11(13-4)12(10)14-5/h6-8H,1-5H3. The van der Waals surface area contributed by atoms with Gasteiger partial charge < -0.3 is 9.47 Å². The lowest BCUT2D eigenvalue weighted by Crippen LogP contribution is -1.99. The Balaban J connectivity index is 3.33. The summed E-state index contributed by atoms with van der Waals surface area (Å²) in [6.07, 6.45) is 0. The number of methoxy groups -OCH3 is 2. The van der Waals surface area contributed by atoms with Crippen LogP contribution >= 0.6 is 0 Å². The van der Waals surface area contributed by atoms with E-state index in [0.29, 0.717) is 5.92 Å². The fourth-order valence-corrected chi connectivity index (χ4v) is 1.60. The zero-order valence-electron chi connectivity index (χ0n) is 9.55. The maximum absolute atomic E-state index is 5.38. The zero-order valence-corrected chi connectivity index (χ0v) is 9.55. The number of ether oxygens (including phenoxy) is 2. The van der Waals surface area contributed by atoms with Crippen molar-refractivity contribution in [3.63, 3.8) is 0 Å². The van der Waals surface area contributed by atoms with Crippen LogP contribution in [0.25, 0.3) is 0 Å². The first-order valence-corrected chi connectivity index (χ1v) is 4.83. The Morgan fingerprint density at radius 2 is 1.57 bits per heavy atom. The summed E-state index contributed by atoms with van der Waals surface area (Å²) in [5, 5.41) is 0. The third kappa shape index (κ3) is 1.84. The number of benzene rings is 1. The average Bonchev–Trinajstić information content (AvgIpc) is 2.16. The summed E-state index contributed by atoms with van der Waals surface area (Å²) in [6, 6.07) is 4.16. The molecule has 0 bridgehead atoms. The molecule has 1 aromatic carbocycles. The van der Waals surface area contributed by atoms with Crippen LogP contribution in [0.15, 0.2) is 12.1 Å². The van der Waals surface area contributed by atoms with E-state index in [-0.39, 0.29) is 0 Å². The largest absolute Gasteiger partial charge is 0.493 e. The highest BCUT2D eigenvalue weighted by Gasteiger charge is 2.14. The van der Waals surface area contributed by atoms with Crippen LogP contribution in [-0.2, 0) is 0 Å². The molecule has 0 amide bonds. The van der Waals surface area contributed by atoms with Gasteiger partial charge in [-0.15, -0.1) is 0 Å². The molecule has 0 aromatic heterocycles. The molecule has 1 rings (SSSR count). The molecule has 0 aliphatic rings. The SMILES string of the molecule is COc1c(C)ccc(C(C)C)c1OC. The molecule has 0 heterocycles. The monoisotopic (exact) mass is 194 g/mol. The van der Waals surface area contributed by atoms with Gasteiger partial charge in [-0.1, -0.05) is 26.0 Å². The lowest BCUT2D eigenvalue weighted by Gasteiger charge is -2.16. The zero-order chi connectivity index (χ0) is 10.7. The van der Waals surface area contributed by atoms with E-state index in [1.165, 1.54) is 5.56 Å². The first-order chi connectivity index (χ1) is 6.61. The fourth-order valence-electron chi connectivity index (χ4n) is 1.60. The number of rotatable bonds is 3. The smallest absolute Gasteiger partial charge is 0.164 e. The van der Waals surface area contributed by atoms with Gasteiger partial charge in [0.25, 0.3) is 0 Å². The minimum Gasteiger partial charge on any atom is -0.493 e. The second kappa shape index (κ2) is 4.36. The normalized spacial score (nSPS) is 10.4. The first-order valence-electron chi connectivity index (χ1n) is 4.83. The van der Waals surface area contributed by atoms with Crippen molar-refractivity contribution in [1.82, 2.24) is 0 Å². The molecule has 0 radical (unpaired) electrons. The van der Waals surface area contributed by atoms with Crippen LogP contribution in [0.2, 0.25) is 0 Å². The highest BCUT2D eigenvalue weighted by atomic mass is 16.5. The molecule has 0 N–H and O–H groups in total. The molecule has 0 aliphatic heterocycles. The van der Waals surface area contributed by atoms with Gasteiger partial charge in [0, 0.05) is 5.56 Å². The van der Waals surface area contributed by atoms with Crippen molar-refractivity contribution in [1.29, 1.82) is 0 Å². The molecule has 0 saturated heterocycles. The van der Waals surface area contributed by atoms with Gasteiger partial charge in [0.2, 0.25) is 0 Å². The molecule has 0 atom stereocenters. The number of aryl methyl sites for hydroxylation is 1. The maximum atomic E-state index is 5.38. The van der Waals surface area contributed by atoms with Crippen LogP contribution in [0.5, 0.6) is 11.5 Å².